The van der Waals surface area contributed by atoms with Gasteiger partial charge in [0.05, 0.1) is 25.2 Å². The van der Waals surface area contributed by atoms with Crippen LogP contribution in [0.2, 0.25) is 0 Å². The van der Waals surface area contributed by atoms with Crippen molar-refractivity contribution in [3.05, 3.63) is 35.4 Å². The number of nitrogens with one attached hydrogen (secondary N) is 1. The summed E-state index contributed by atoms with van der Waals surface area (Å²) < 4.78 is 5.22. The van der Waals surface area contributed by atoms with Gasteiger partial charge in [-0.1, -0.05) is 24.3 Å². The highest BCUT2D eigenvalue weighted by Gasteiger charge is 2.32. The van der Waals surface area contributed by atoms with Gasteiger partial charge < -0.3 is 15.8 Å². The Morgan fingerprint density at radius 3 is 2.78 bits per heavy atom. The lowest BCUT2D eigenvalue weighted by Gasteiger charge is -2.20. The molecule has 2 rings (SSSR count). The van der Waals surface area contributed by atoms with E-state index in [1.807, 2.05) is 38.1 Å². The van der Waals surface area contributed by atoms with E-state index in [0.717, 1.165) is 5.56 Å². The predicted molar refractivity (Wildman–Crippen MR) is 70.0 cm³/mol. The smallest absolute Gasteiger partial charge is 0.227 e. The predicted octanol–water partition coefficient (Wildman–Crippen LogP) is 1.15. The summed E-state index contributed by atoms with van der Waals surface area (Å²) in [4.78, 5) is 12.1. The van der Waals surface area contributed by atoms with Crippen LogP contribution in [-0.4, -0.2) is 25.2 Å². The summed E-state index contributed by atoms with van der Waals surface area (Å²) in [6.45, 7) is 4.92. The minimum atomic E-state index is -0.225. The zero-order valence-corrected chi connectivity index (χ0v) is 10.8. The van der Waals surface area contributed by atoms with Crippen LogP contribution in [0.25, 0.3) is 0 Å². The van der Waals surface area contributed by atoms with Gasteiger partial charge >= 0.3 is 0 Å². The van der Waals surface area contributed by atoms with Crippen LogP contribution < -0.4 is 11.1 Å². The van der Waals surface area contributed by atoms with Crippen molar-refractivity contribution < 1.29 is 9.53 Å². The lowest BCUT2D eigenvalue weighted by molar-refractivity contribution is -0.125. The van der Waals surface area contributed by atoms with Crippen molar-refractivity contribution >= 4 is 5.91 Å². The number of carbonyl (C=O) groups is 1. The van der Waals surface area contributed by atoms with Gasteiger partial charge in [0.15, 0.2) is 0 Å². The van der Waals surface area contributed by atoms with Gasteiger partial charge in [-0.3, -0.25) is 4.79 Å². The minimum absolute atomic E-state index is 0.00787. The molecule has 1 saturated heterocycles. The molecule has 0 aromatic heterocycles. The lowest BCUT2D eigenvalue weighted by Crippen LogP contribution is -2.41. The fourth-order valence-corrected chi connectivity index (χ4v) is 2.31. The zero-order chi connectivity index (χ0) is 13.1. The van der Waals surface area contributed by atoms with E-state index in [-0.39, 0.29) is 23.9 Å². The normalized spacial score (nSPS) is 24.8. The molecule has 1 aromatic rings. The molecule has 1 amide bonds. The molecule has 0 radical (unpaired) electrons. The van der Waals surface area contributed by atoms with Crippen LogP contribution >= 0.6 is 0 Å². The van der Waals surface area contributed by atoms with Gasteiger partial charge in [-0.05, 0) is 25.0 Å². The van der Waals surface area contributed by atoms with Crippen LogP contribution in [0.4, 0.5) is 0 Å². The second kappa shape index (κ2) is 5.50. The van der Waals surface area contributed by atoms with Gasteiger partial charge in [0.2, 0.25) is 5.91 Å². The SMILES string of the molecule is Cc1ccccc1C(C)NC(=O)C1COCC1N. The van der Waals surface area contributed by atoms with E-state index >= 15 is 0 Å². The van der Waals surface area contributed by atoms with E-state index in [1.54, 1.807) is 0 Å². The molecule has 18 heavy (non-hydrogen) atoms. The number of hydrogen-bond acceptors (Lipinski definition) is 3. The summed E-state index contributed by atoms with van der Waals surface area (Å²) in [5.74, 6) is -0.243. The third kappa shape index (κ3) is 2.71. The summed E-state index contributed by atoms with van der Waals surface area (Å²) in [6.07, 6.45) is 0. The van der Waals surface area contributed by atoms with Gasteiger partial charge in [0, 0.05) is 6.04 Å². The van der Waals surface area contributed by atoms with Crippen LogP contribution in [0.5, 0.6) is 0 Å². The number of rotatable bonds is 3. The number of hydrogen-bond donors (Lipinski definition) is 2. The number of benzene rings is 1. The molecule has 3 atom stereocenters. The van der Waals surface area contributed by atoms with Crippen molar-refractivity contribution in [2.24, 2.45) is 11.7 Å². The molecule has 1 heterocycles. The average Bonchev–Trinajstić information content (AvgIpc) is 2.76. The van der Waals surface area contributed by atoms with E-state index in [1.165, 1.54) is 5.56 Å². The third-order valence-electron chi connectivity index (χ3n) is 3.48. The molecule has 0 saturated carbocycles. The van der Waals surface area contributed by atoms with Gasteiger partial charge in [0.25, 0.3) is 0 Å². The molecule has 3 N–H and O–H groups in total. The first-order valence-corrected chi connectivity index (χ1v) is 6.29. The largest absolute Gasteiger partial charge is 0.379 e. The highest BCUT2D eigenvalue weighted by molar-refractivity contribution is 5.80. The quantitative estimate of drug-likeness (QED) is 0.843. The van der Waals surface area contributed by atoms with Crippen LogP contribution in [0, 0.1) is 12.8 Å². The Morgan fingerprint density at radius 1 is 1.44 bits per heavy atom. The van der Waals surface area contributed by atoms with E-state index in [4.69, 9.17) is 10.5 Å². The van der Waals surface area contributed by atoms with Gasteiger partial charge in [-0.15, -0.1) is 0 Å². The summed E-state index contributed by atoms with van der Waals surface area (Å²) in [5, 5.41) is 3.01. The third-order valence-corrected chi connectivity index (χ3v) is 3.48. The molecular formula is C14H20N2O2. The Labute approximate surface area is 108 Å². The standard InChI is InChI=1S/C14H20N2O2/c1-9-5-3-4-6-11(9)10(2)16-14(17)12-7-18-8-13(12)15/h3-6,10,12-13H,7-8,15H2,1-2H3,(H,16,17). The molecule has 1 aliphatic rings. The lowest BCUT2D eigenvalue weighted by atomic mass is 10.00. The Bertz CT molecular complexity index is 434. The van der Waals surface area contributed by atoms with Crippen LogP contribution in [0.1, 0.15) is 24.1 Å². The van der Waals surface area contributed by atoms with Crippen molar-refractivity contribution in [2.75, 3.05) is 13.2 Å². The first-order valence-electron chi connectivity index (χ1n) is 6.29. The van der Waals surface area contributed by atoms with E-state index in [2.05, 4.69) is 5.32 Å². The van der Waals surface area contributed by atoms with Crippen LogP contribution in [0.3, 0.4) is 0 Å². The molecule has 4 nitrogen and oxygen atoms in total. The van der Waals surface area contributed by atoms with Gasteiger partial charge in [0.1, 0.15) is 0 Å². The number of amides is 1. The van der Waals surface area contributed by atoms with E-state index in [0.29, 0.717) is 13.2 Å². The topological polar surface area (TPSA) is 64.3 Å². The average molecular weight is 248 g/mol. The van der Waals surface area contributed by atoms with Crippen LogP contribution in [0.15, 0.2) is 24.3 Å². The number of aryl methyl sites for hydroxylation is 1. The molecule has 0 spiro atoms. The number of nitrogens with two attached hydrogens (primary N) is 1. The highest BCUT2D eigenvalue weighted by atomic mass is 16.5. The zero-order valence-electron chi connectivity index (χ0n) is 10.8. The molecule has 1 aromatic carbocycles. The maximum absolute atomic E-state index is 12.1. The Morgan fingerprint density at radius 2 is 2.17 bits per heavy atom. The van der Waals surface area contributed by atoms with E-state index in [9.17, 15) is 4.79 Å². The van der Waals surface area contributed by atoms with Crippen molar-refractivity contribution in [3.63, 3.8) is 0 Å². The summed E-state index contributed by atoms with van der Waals surface area (Å²) in [5.41, 5.74) is 8.15. The molecule has 4 heteroatoms. The first kappa shape index (κ1) is 13.1. The molecule has 1 fully saturated rings. The van der Waals surface area contributed by atoms with Gasteiger partial charge in [-0.2, -0.15) is 0 Å². The molecule has 1 aliphatic heterocycles. The van der Waals surface area contributed by atoms with E-state index < -0.39 is 0 Å². The molecule has 3 unspecified atom stereocenters. The summed E-state index contributed by atoms with van der Waals surface area (Å²) in [7, 11) is 0. The van der Waals surface area contributed by atoms with Crippen LogP contribution in [-0.2, 0) is 9.53 Å². The molecular weight excluding hydrogens is 228 g/mol. The molecule has 0 bridgehead atoms. The van der Waals surface area contributed by atoms with Crippen molar-refractivity contribution in [1.29, 1.82) is 0 Å². The summed E-state index contributed by atoms with van der Waals surface area (Å²) in [6, 6.07) is 7.86. The monoisotopic (exact) mass is 248 g/mol. The maximum Gasteiger partial charge on any atom is 0.227 e. The highest BCUT2D eigenvalue weighted by Crippen LogP contribution is 2.19. The Kier molecular flexibility index (Phi) is 3.99. The van der Waals surface area contributed by atoms with Crippen molar-refractivity contribution in [1.82, 2.24) is 5.32 Å². The fourth-order valence-electron chi connectivity index (χ4n) is 2.31. The first-order chi connectivity index (χ1) is 8.59. The Balaban J connectivity index is 2.01. The van der Waals surface area contributed by atoms with Gasteiger partial charge in [-0.25, -0.2) is 0 Å². The molecule has 0 aliphatic carbocycles. The molecule has 98 valence electrons. The number of ether oxygens (including phenoxy) is 1. The Hall–Kier alpha value is -1.39. The number of carbonyl (C=O) groups excluding carboxylic acids is 1. The second-order valence-electron chi connectivity index (χ2n) is 4.89. The van der Waals surface area contributed by atoms with Crippen molar-refractivity contribution in [2.45, 2.75) is 25.9 Å². The summed E-state index contributed by atoms with van der Waals surface area (Å²) >= 11 is 0. The van der Waals surface area contributed by atoms with Crippen molar-refractivity contribution in [3.8, 4) is 0 Å². The minimum Gasteiger partial charge on any atom is -0.379 e. The fraction of sp³-hybridized carbons (Fsp3) is 0.500. The maximum atomic E-state index is 12.1. The second-order valence-corrected chi connectivity index (χ2v) is 4.89.